The minimum atomic E-state index is -1.34. The van der Waals surface area contributed by atoms with Crippen LogP contribution in [0.25, 0.3) is 10.8 Å². The molecule has 0 aliphatic carbocycles. The van der Waals surface area contributed by atoms with Crippen LogP contribution in [0.3, 0.4) is 0 Å². The molecular formula is C19H15N4O4-. The average molecular weight is 363 g/mol. The second-order valence-corrected chi connectivity index (χ2v) is 5.59. The van der Waals surface area contributed by atoms with Crippen molar-refractivity contribution < 1.29 is 14.7 Å². The lowest BCUT2D eigenvalue weighted by Crippen LogP contribution is -2.28. The smallest absolute Gasteiger partial charge is 0.292 e. The van der Waals surface area contributed by atoms with Gasteiger partial charge in [-0.05, 0) is 13.0 Å². The number of aryl methyl sites for hydroxylation is 1. The molecule has 27 heavy (non-hydrogen) atoms. The molecule has 0 spiro atoms. The van der Waals surface area contributed by atoms with Crippen molar-refractivity contribution in [2.75, 3.05) is 0 Å². The molecule has 2 aromatic carbocycles. The van der Waals surface area contributed by atoms with Crippen LogP contribution in [0.4, 0.5) is 0 Å². The van der Waals surface area contributed by atoms with Gasteiger partial charge in [0, 0.05) is 23.1 Å². The predicted octanol–water partition coefficient (Wildman–Crippen LogP) is 0.544. The molecule has 8 heteroatoms. The van der Waals surface area contributed by atoms with Gasteiger partial charge in [-0.15, -0.1) is 0 Å². The molecule has 0 unspecified atom stereocenters. The number of benzene rings is 2. The lowest BCUT2D eigenvalue weighted by Gasteiger charge is -2.08. The van der Waals surface area contributed by atoms with E-state index in [-0.39, 0.29) is 22.4 Å². The van der Waals surface area contributed by atoms with E-state index in [1.165, 1.54) is 23.0 Å². The van der Waals surface area contributed by atoms with Crippen LogP contribution < -0.4 is 16.1 Å². The summed E-state index contributed by atoms with van der Waals surface area (Å²) < 4.78 is 1.20. The second-order valence-electron chi connectivity index (χ2n) is 5.59. The lowest BCUT2D eigenvalue weighted by molar-refractivity contribution is -0.255. The number of aromatic carboxylic acids is 1. The van der Waals surface area contributed by atoms with E-state index < -0.39 is 11.9 Å². The number of aromatic nitrogens is 2. The van der Waals surface area contributed by atoms with E-state index in [4.69, 9.17) is 0 Å². The van der Waals surface area contributed by atoms with Gasteiger partial charge in [0.15, 0.2) is 5.69 Å². The molecule has 0 aliphatic rings. The number of hydrogen-bond acceptors (Lipinski definition) is 6. The van der Waals surface area contributed by atoms with E-state index in [1.807, 2.05) is 0 Å². The number of amides is 1. The molecule has 3 rings (SSSR count). The Labute approximate surface area is 153 Å². The zero-order valence-electron chi connectivity index (χ0n) is 14.4. The van der Waals surface area contributed by atoms with Crippen molar-refractivity contribution in [3.05, 3.63) is 75.7 Å². The molecule has 0 atom stereocenters. The fourth-order valence-electron chi connectivity index (χ4n) is 2.63. The van der Waals surface area contributed by atoms with E-state index >= 15 is 0 Å². The third-order valence-corrected chi connectivity index (χ3v) is 3.93. The largest absolute Gasteiger partial charge is 0.545 e. The summed E-state index contributed by atoms with van der Waals surface area (Å²) in [6.45, 7) is 2.06. The van der Waals surface area contributed by atoms with Crippen molar-refractivity contribution in [2.24, 2.45) is 5.10 Å². The number of nitrogens with zero attached hydrogens (tertiary/aromatic N) is 3. The number of fused-ring (bicyclic) bond motifs is 1. The zero-order valence-corrected chi connectivity index (χ0v) is 14.4. The number of carbonyl (C=O) groups excluding carboxylic acids is 2. The predicted molar refractivity (Wildman–Crippen MR) is 97.5 cm³/mol. The van der Waals surface area contributed by atoms with Gasteiger partial charge in [0.1, 0.15) is 0 Å². The van der Waals surface area contributed by atoms with Crippen molar-refractivity contribution in [1.29, 1.82) is 0 Å². The maximum atomic E-state index is 12.5. The van der Waals surface area contributed by atoms with Gasteiger partial charge in [0.05, 0.1) is 17.6 Å². The molecule has 3 aromatic rings. The Hall–Kier alpha value is -3.81. The summed E-state index contributed by atoms with van der Waals surface area (Å²) in [5.41, 5.74) is 2.33. The number of nitrogens with one attached hydrogen (secondary N) is 1. The van der Waals surface area contributed by atoms with Gasteiger partial charge in [0.25, 0.3) is 11.5 Å². The molecule has 1 aromatic heterocycles. The minimum absolute atomic E-state index is 0.0430. The van der Waals surface area contributed by atoms with E-state index in [2.05, 4.69) is 15.6 Å². The third kappa shape index (κ3) is 3.59. The first-order valence-corrected chi connectivity index (χ1v) is 8.16. The SMILES string of the molecule is CCn1nc(C(=O)N/N=C\c2ccccc2C(=O)[O-])c2ccccc2c1=O. The monoisotopic (exact) mass is 363 g/mol. The molecule has 136 valence electrons. The number of hydrazone groups is 1. The highest BCUT2D eigenvalue weighted by Gasteiger charge is 2.15. The van der Waals surface area contributed by atoms with E-state index in [9.17, 15) is 19.5 Å². The van der Waals surface area contributed by atoms with Gasteiger partial charge in [-0.1, -0.05) is 42.5 Å². The van der Waals surface area contributed by atoms with Crippen molar-refractivity contribution >= 4 is 28.9 Å². The Morgan fingerprint density at radius 2 is 1.81 bits per heavy atom. The van der Waals surface area contributed by atoms with Crippen LogP contribution in [0, 0.1) is 0 Å². The molecule has 0 aliphatic heterocycles. The molecule has 0 bridgehead atoms. The summed E-state index contributed by atoms with van der Waals surface area (Å²) in [5.74, 6) is -1.96. The van der Waals surface area contributed by atoms with Crippen molar-refractivity contribution in [1.82, 2.24) is 15.2 Å². The molecule has 0 saturated carbocycles. The van der Waals surface area contributed by atoms with Gasteiger partial charge >= 0.3 is 0 Å². The topological polar surface area (TPSA) is 116 Å². The second kappa shape index (κ2) is 7.61. The summed E-state index contributed by atoms with van der Waals surface area (Å²) in [4.78, 5) is 35.9. The summed E-state index contributed by atoms with van der Waals surface area (Å²) in [6.07, 6.45) is 1.21. The standard InChI is InChI=1S/C19H16N4O4/c1-2-23-18(25)15-10-6-5-9-14(15)16(22-23)17(24)21-20-11-12-7-3-4-8-13(12)19(26)27/h3-11H,2H2,1H3,(H,21,24)(H,26,27)/p-1/b20-11-. The van der Waals surface area contributed by atoms with Gasteiger partial charge < -0.3 is 9.90 Å². The summed E-state index contributed by atoms with van der Waals surface area (Å²) in [6, 6.07) is 12.8. The van der Waals surface area contributed by atoms with Crippen molar-refractivity contribution in [3.8, 4) is 0 Å². The molecule has 1 heterocycles. The third-order valence-electron chi connectivity index (χ3n) is 3.93. The molecule has 0 radical (unpaired) electrons. The molecule has 0 saturated heterocycles. The number of carboxylic acid groups (broad SMARTS) is 1. The van der Waals surface area contributed by atoms with E-state index in [1.54, 1.807) is 43.3 Å². The summed E-state index contributed by atoms with van der Waals surface area (Å²) in [5, 5.41) is 19.8. The Bertz CT molecular complexity index is 1120. The van der Waals surface area contributed by atoms with Crippen LogP contribution in [-0.4, -0.2) is 27.9 Å². The molecule has 8 nitrogen and oxygen atoms in total. The fraction of sp³-hybridized carbons (Fsp3) is 0.105. The first kappa shape index (κ1) is 18.0. The zero-order chi connectivity index (χ0) is 19.4. The first-order valence-electron chi connectivity index (χ1n) is 8.16. The van der Waals surface area contributed by atoms with Gasteiger partial charge in [-0.2, -0.15) is 10.2 Å². The Morgan fingerprint density at radius 1 is 1.15 bits per heavy atom. The van der Waals surface area contributed by atoms with Crippen LogP contribution in [0.1, 0.15) is 33.3 Å². The fourth-order valence-corrected chi connectivity index (χ4v) is 2.63. The minimum Gasteiger partial charge on any atom is -0.545 e. The molecule has 1 N–H and O–H groups in total. The lowest BCUT2D eigenvalue weighted by atomic mass is 10.1. The van der Waals surface area contributed by atoms with E-state index in [0.29, 0.717) is 17.3 Å². The molecule has 0 fully saturated rings. The van der Waals surface area contributed by atoms with Crippen molar-refractivity contribution in [3.63, 3.8) is 0 Å². The molecule has 1 amide bonds. The van der Waals surface area contributed by atoms with E-state index in [0.717, 1.165) is 0 Å². The maximum Gasteiger partial charge on any atom is 0.292 e. The highest BCUT2D eigenvalue weighted by molar-refractivity contribution is 6.05. The van der Waals surface area contributed by atoms with Crippen LogP contribution in [0.15, 0.2) is 58.4 Å². The molecular weight excluding hydrogens is 348 g/mol. The van der Waals surface area contributed by atoms with Gasteiger partial charge in [-0.3, -0.25) is 9.59 Å². The Kier molecular flexibility index (Phi) is 5.07. The van der Waals surface area contributed by atoms with Gasteiger partial charge in [0.2, 0.25) is 0 Å². The van der Waals surface area contributed by atoms with Gasteiger partial charge in [-0.25, -0.2) is 10.1 Å². The summed E-state index contributed by atoms with van der Waals surface area (Å²) >= 11 is 0. The van der Waals surface area contributed by atoms with Crippen LogP contribution >= 0.6 is 0 Å². The summed E-state index contributed by atoms with van der Waals surface area (Å²) in [7, 11) is 0. The first-order chi connectivity index (χ1) is 13.0. The number of hydrogen-bond donors (Lipinski definition) is 1. The normalized spacial score (nSPS) is 11.0. The Morgan fingerprint density at radius 3 is 2.52 bits per heavy atom. The average Bonchev–Trinajstić information content (AvgIpc) is 2.68. The highest BCUT2D eigenvalue weighted by atomic mass is 16.4. The Balaban J connectivity index is 1.93. The number of carbonyl (C=O) groups is 2. The maximum absolute atomic E-state index is 12.5. The van der Waals surface area contributed by atoms with Crippen LogP contribution in [0.2, 0.25) is 0 Å². The number of rotatable bonds is 5. The quantitative estimate of drug-likeness (QED) is 0.525. The van der Waals surface area contributed by atoms with Crippen LogP contribution in [0.5, 0.6) is 0 Å². The highest BCUT2D eigenvalue weighted by Crippen LogP contribution is 2.13. The van der Waals surface area contributed by atoms with Crippen molar-refractivity contribution in [2.45, 2.75) is 13.5 Å². The number of carboxylic acids is 1. The van der Waals surface area contributed by atoms with Crippen LogP contribution in [-0.2, 0) is 6.54 Å².